The van der Waals surface area contributed by atoms with Gasteiger partial charge in [-0.15, -0.1) is 0 Å². The molecule has 3 rings (SSSR count). The van der Waals surface area contributed by atoms with E-state index in [0.717, 1.165) is 5.56 Å². The summed E-state index contributed by atoms with van der Waals surface area (Å²) in [7, 11) is 1.72. The molecule has 3 amide bonds. The van der Waals surface area contributed by atoms with E-state index in [-0.39, 0.29) is 25.0 Å². The number of rotatable bonds is 7. The number of halogens is 2. The first kappa shape index (κ1) is 21.3. The molecular weight excluding hydrogens is 393 g/mol. The molecule has 2 aromatic carbocycles. The number of imide groups is 1. The highest BCUT2D eigenvalue weighted by Crippen LogP contribution is 2.35. The van der Waals surface area contributed by atoms with Gasteiger partial charge < -0.3 is 5.32 Å². The van der Waals surface area contributed by atoms with Gasteiger partial charge in [-0.05, 0) is 37.1 Å². The number of nitrogens with one attached hydrogen (secondary N) is 1. The molecule has 1 saturated heterocycles. The summed E-state index contributed by atoms with van der Waals surface area (Å²) in [6.45, 7) is 4.23. The zero-order chi connectivity index (χ0) is 21.2. The third kappa shape index (κ3) is 4.28. The zero-order valence-electron chi connectivity index (χ0n) is 16.8. The quantitative estimate of drug-likeness (QED) is 0.681. The molecule has 2 aromatic rings. The molecule has 1 aliphatic rings. The second-order valence-corrected chi connectivity index (χ2v) is 8.30. The van der Waals surface area contributed by atoms with E-state index in [1.807, 2.05) is 44.2 Å². The molecule has 1 N–H and O–H groups in total. The number of hydrogen-bond acceptors (Lipinski definition) is 3. The van der Waals surface area contributed by atoms with Gasteiger partial charge in [0.15, 0.2) is 0 Å². The van der Waals surface area contributed by atoms with Crippen molar-refractivity contribution in [1.29, 1.82) is 0 Å². The SMILES string of the molecule is CC(C)C[C@@]1(c2ccccc2)NC(=O)N(CN(C)Cc2c(F)cccc2Cl)C1=O. The molecule has 1 heterocycles. The summed E-state index contributed by atoms with van der Waals surface area (Å²) < 4.78 is 14.1. The summed E-state index contributed by atoms with van der Waals surface area (Å²) in [4.78, 5) is 29.0. The Kier molecular flexibility index (Phi) is 6.24. The lowest BCUT2D eigenvalue weighted by atomic mass is 9.82. The van der Waals surface area contributed by atoms with Gasteiger partial charge >= 0.3 is 6.03 Å². The predicted octanol–water partition coefficient (Wildman–Crippen LogP) is 4.36. The van der Waals surface area contributed by atoms with Crippen molar-refractivity contribution >= 4 is 23.5 Å². The van der Waals surface area contributed by atoms with Crippen molar-refractivity contribution in [2.24, 2.45) is 5.92 Å². The first-order valence-corrected chi connectivity index (χ1v) is 9.93. The van der Waals surface area contributed by atoms with Crippen LogP contribution in [0.4, 0.5) is 9.18 Å². The van der Waals surface area contributed by atoms with E-state index in [1.54, 1.807) is 24.1 Å². The topological polar surface area (TPSA) is 52.7 Å². The van der Waals surface area contributed by atoms with E-state index >= 15 is 0 Å². The molecule has 0 bridgehead atoms. The van der Waals surface area contributed by atoms with Crippen LogP contribution in [0.3, 0.4) is 0 Å². The van der Waals surface area contributed by atoms with Crippen LogP contribution in [-0.2, 0) is 16.9 Å². The number of carbonyl (C=O) groups is 2. The summed E-state index contributed by atoms with van der Waals surface area (Å²) in [5, 5.41) is 3.23. The maximum absolute atomic E-state index is 14.1. The van der Waals surface area contributed by atoms with E-state index in [9.17, 15) is 14.0 Å². The average Bonchev–Trinajstić information content (AvgIpc) is 2.90. The van der Waals surface area contributed by atoms with E-state index < -0.39 is 17.4 Å². The van der Waals surface area contributed by atoms with Gasteiger partial charge in [0.05, 0.1) is 6.67 Å². The Balaban J connectivity index is 1.83. The smallest absolute Gasteiger partial charge is 0.319 e. The lowest BCUT2D eigenvalue weighted by Crippen LogP contribution is -2.46. The van der Waals surface area contributed by atoms with Crippen molar-refractivity contribution in [2.45, 2.75) is 32.4 Å². The van der Waals surface area contributed by atoms with Gasteiger partial charge in [-0.2, -0.15) is 0 Å². The summed E-state index contributed by atoms with van der Waals surface area (Å²) in [5.41, 5.74) is -0.00205. The Bertz CT molecular complexity index is 886. The predicted molar refractivity (Wildman–Crippen MR) is 111 cm³/mol. The molecule has 7 heteroatoms. The number of carbonyl (C=O) groups excluding carboxylic acids is 2. The van der Waals surface area contributed by atoms with Gasteiger partial charge in [0.1, 0.15) is 11.4 Å². The van der Waals surface area contributed by atoms with Crippen LogP contribution in [-0.4, -0.2) is 35.5 Å². The normalized spacial score (nSPS) is 19.3. The minimum atomic E-state index is -1.09. The van der Waals surface area contributed by atoms with Crippen LogP contribution in [0, 0.1) is 11.7 Å². The lowest BCUT2D eigenvalue weighted by Gasteiger charge is -2.30. The van der Waals surface area contributed by atoms with Crippen molar-refractivity contribution in [3.8, 4) is 0 Å². The molecule has 0 aromatic heterocycles. The molecule has 1 aliphatic heterocycles. The van der Waals surface area contributed by atoms with E-state index in [4.69, 9.17) is 11.6 Å². The molecule has 0 unspecified atom stereocenters. The summed E-state index contributed by atoms with van der Waals surface area (Å²) in [5.74, 6) is -0.525. The van der Waals surface area contributed by atoms with Crippen LogP contribution in [0.25, 0.3) is 0 Å². The fraction of sp³-hybridized carbons (Fsp3) is 0.364. The Hall–Kier alpha value is -2.44. The van der Waals surface area contributed by atoms with Crippen molar-refractivity contribution in [3.05, 3.63) is 70.5 Å². The van der Waals surface area contributed by atoms with Crippen LogP contribution in [0.15, 0.2) is 48.5 Å². The fourth-order valence-electron chi connectivity index (χ4n) is 3.79. The zero-order valence-corrected chi connectivity index (χ0v) is 17.5. The molecule has 29 heavy (non-hydrogen) atoms. The summed E-state index contributed by atoms with van der Waals surface area (Å²) in [6.07, 6.45) is 0.487. The van der Waals surface area contributed by atoms with Crippen molar-refractivity contribution in [1.82, 2.24) is 15.1 Å². The monoisotopic (exact) mass is 417 g/mol. The second-order valence-electron chi connectivity index (χ2n) is 7.89. The Labute approximate surface area is 175 Å². The fourth-order valence-corrected chi connectivity index (χ4v) is 4.01. The van der Waals surface area contributed by atoms with Gasteiger partial charge in [0, 0.05) is 17.1 Å². The van der Waals surface area contributed by atoms with Crippen LogP contribution in [0.2, 0.25) is 5.02 Å². The van der Waals surface area contributed by atoms with Gasteiger partial charge in [0.25, 0.3) is 5.91 Å². The third-order valence-electron chi connectivity index (χ3n) is 5.03. The van der Waals surface area contributed by atoms with Gasteiger partial charge in [-0.1, -0.05) is 61.8 Å². The Morgan fingerprint density at radius 1 is 1.14 bits per heavy atom. The van der Waals surface area contributed by atoms with Gasteiger partial charge in [-0.3, -0.25) is 9.69 Å². The molecule has 0 aliphatic carbocycles. The number of benzene rings is 2. The van der Waals surface area contributed by atoms with Gasteiger partial charge in [0.2, 0.25) is 0 Å². The second kappa shape index (κ2) is 8.51. The Morgan fingerprint density at radius 3 is 2.45 bits per heavy atom. The molecule has 1 fully saturated rings. The number of nitrogens with zero attached hydrogens (tertiary/aromatic N) is 2. The first-order chi connectivity index (χ1) is 13.7. The van der Waals surface area contributed by atoms with Gasteiger partial charge in [-0.25, -0.2) is 14.1 Å². The lowest BCUT2D eigenvalue weighted by molar-refractivity contribution is -0.133. The van der Waals surface area contributed by atoms with Crippen LogP contribution in [0.5, 0.6) is 0 Å². The van der Waals surface area contributed by atoms with Crippen molar-refractivity contribution in [3.63, 3.8) is 0 Å². The van der Waals surface area contributed by atoms with Crippen molar-refractivity contribution < 1.29 is 14.0 Å². The van der Waals surface area contributed by atoms with E-state index in [0.29, 0.717) is 17.0 Å². The molecule has 1 atom stereocenters. The summed E-state index contributed by atoms with van der Waals surface area (Å²) >= 11 is 6.10. The van der Waals surface area contributed by atoms with Crippen molar-refractivity contribution in [2.75, 3.05) is 13.7 Å². The molecule has 5 nitrogen and oxygen atoms in total. The maximum atomic E-state index is 14.1. The largest absolute Gasteiger partial charge is 0.326 e. The Morgan fingerprint density at radius 2 is 1.83 bits per heavy atom. The van der Waals surface area contributed by atoms with E-state index in [1.165, 1.54) is 11.0 Å². The number of hydrogen-bond donors (Lipinski definition) is 1. The highest BCUT2D eigenvalue weighted by Gasteiger charge is 2.52. The molecule has 0 radical (unpaired) electrons. The number of urea groups is 1. The first-order valence-electron chi connectivity index (χ1n) is 9.55. The molecule has 0 spiro atoms. The average molecular weight is 418 g/mol. The highest BCUT2D eigenvalue weighted by molar-refractivity contribution is 6.31. The van der Waals surface area contributed by atoms with Crippen LogP contribution >= 0.6 is 11.6 Å². The highest BCUT2D eigenvalue weighted by atomic mass is 35.5. The maximum Gasteiger partial charge on any atom is 0.326 e. The molecule has 154 valence electrons. The minimum absolute atomic E-state index is 0.0298. The van der Waals surface area contributed by atoms with Crippen LogP contribution < -0.4 is 5.32 Å². The standard InChI is InChI=1S/C22H25ClFN3O2/c1-15(2)12-22(16-8-5-4-6-9-16)20(28)27(21(29)25-22)14-26(3)13-17-18(23)10-7-11-19(17)24/h4-11,15H,12-14H2,1-3H3,(H,25,29)/t22-/m0/s1. The third-order valence-corrected chi connectivity index (χ3v) is 5.38. The number of amides is 3. The van der Waals surface area contributed by atoms with E-state index in [2.05, 4.69) is 5.32 Å². The minimum Gasteiger partial charge on any atom is -0.319 e. The molecular formula is C22H25ClFN3O2. The summed E-state index contributed by atoms with van der Waals surface area (Å²) in [6, 6.07) is 13.3. The van der Waals surface area contributed by atoms with Crippen LogP contribution in [0.1, 0.15) is 31.4 Å². The molecule has 0 saturated carbocycles.